The van der Waals surface area contributed by atoms with Gasteiger partial charge in [-0.2, -0.15) is 0 Å². The Morgan fingerprint density at radius 3 is 2.48 bits per heavy atom. The Morgan fingerprint density at radius 2 is 1.74 bits per heavy atom. The maximum atomic E-state index is 13.9. The summed E-state index contributed by atoms with van der Waals surface area (Å²) in [6.45, 7) is 2.02. The molecule has 1 amide bonds. The molecular formula is C18H14Cl2FN5O. The van der Waals surface area contributed by atoms with Crippen molar-refractivity contribution in [2.45, 2.75) is 0 Å². The first-order valence-electron chi connectivity index (χ1n) is 8.28. The van der Waals surface area contributed by atoms with Crippen LogP contribution in [-0.4, -0.2) is 51.9 Å². The second-order valence-electron chi connectivity index (χ2n) is 6.12. The normalized spacial score (nSPS) is 14.6. The number of rotatable bonds is 2. The third kappa shape index (κ3) is 3.52. The van der Waals surface area contributed by atoms with Crippen LogP contribution in [0, 0.1) is 5.82 Å². The molecule has 1 aromatic carbocycles. The van der Waals surface area contributed by atoms with Gasteiger partial charge in [-0.3, -0.25) is 14.8 Å². The van der Waals surface area contributed by atoms with Gasteiger partial charge in [0.1, 0.15) is 17.2 Å². The number of halogens is 3. The number of piperazine rings is 1. The lowest BCUT2D eigenvalue weighted by molar-refractivity contribution is 0.0748. The Kier molecular flexibility index (Phi) is 4.80. The van der Waals surface area contributed by atoms with Crippen molar-refractivity contribution in [3.05, 3.63) is 58.2 Å². The van der Waals surface area contributed by atoms with E-state index < -0.39 is 5.82 Å². The largest absolute Gasteiger partial charge is 0.352 e. The highest BCUT2D eigenvalue weighted by atomic mass is 35.5. The van der Waals surface area contributed by atoms with Gasteiger partial charge in [0.25, 0.3) is 5.91 Å². The summed E-state index contributed by atoms with van der Waals surface area (Å²) in [5.41, 5.74) is 0.972. The fourth-order valence-electron chi connectivity index (χ4n) is 3.14. The molecule has 1 saturated heterocycles. The van der Waals surface area contributed by atoms with Gasteiger partial charge in [0.05, 0.1) is 21.1 Å². The molecule has 0 aliphatic carbocycles. The van der Waals surface area contributed by atoms with Gasteiger partial charge in [-0.25, -0.2) is 9.37 Å². The van der Waals surface area contributed by atoms with Gasteiger partial charge in [0.2, 0.25) is 0 Å². The zero-order chi connectivity index (χ0) is 19.0. The number of pyridine rings is 1. The van der Waals surface area contributed by atoms with Gasteiger partial charge in [-0.15, -0.1) is 0 Å². The number of nitrogens with zero attached hydrogens (tertiary/aromatic N) is 5. The monoisotopic (exact) mass is 405 g/mol. The molecule has 0 atom stereocenters. The van der Waals surface area contributed by atoms with E-state index in [1.54, 1.807) is 11.0 Å². The number of benzene rings is 1. The van der Waals surface area contributed by atoms with Gasteiger partial charge in [0.15, 0.2) is 0 Å². The molecule has 1 aliphatic rings. The predicted octanol–water partition coefficient (Wildman–Crippen LogP) is 3.43. The summed E-state index contributed by atoms with van der Waals surface area (Å²) in [6.07, 6.45) is 4.50. The van der Waals surface area contributed by atoms with Crippen LogP contribution in [0.25, 0.3) is 11.0 Å². The van der Waals surface area contributed by atoms with E-state index >= 15 is 0 Å². The predicted molar refractivity (Wildman–Crippen MR) is 102 cm³/mol. The number of aromatic nitrogens is 3. The van der Waals surface area contributed by atoms with Crippen molar-refractivity contribution >= 4 is 46.0 Å². The lowest BCUT2D eigenvalue weighted by Crippen LogP contribution is -2.49. The summed E-state index contributed by atoms with van der Waals surface area (Å²) in [6, 6.07) is 4.12. The van der Waals surface area contributed by atoms with Crippen LogP contribution in [0.3, 0.4) is 0 Å². The third-order valence-corrected chi connectivity index (χ3v) is 4.91. The van der Waals surface area contributed by atoms with E-state index in [0.717, 1.165) is 0 Å². The molecule has 138 valence electrons. The topological polar surface area (TPSA) is 62.2 Å². The molecule has 3 aromatic rings. The van der Waals surface area contributed by atoms with Crippen molar-refractivity contribution in [2.24, 2.45) is 0 Å². The summed E-state index contributed by atoms with van der Waals surface area (Å²) >= 11 is 12.1. The van der Waals surface area contributed by atoms with E-state index in [1.807, 2.05) is 4.90 Å². The Hall–Kier alpha value is -2.51. The average molecular weight is 406 g/mol. The number of amides is 1. The van der Waals surface area contributed by atoms with Gasteiger partial charge < -0.3 is 9.80 Å². The van der Waals surface area contributed by atoms with Gasteiger partial charge in [0, 0.05) is 50.8 Å². The van der Waals surface area contributed by atoms with Crippen LogP contribution in [-0.2, 0) is 0 Å². The molecule has 0 spiro atoms. The standard InChI is InChI=1S/C18H14Cl2FN5O/c19-11-7-14(20)17(24-10-11)25-3-5-26(6-4-25)18(27)13-8-12(21)9-15-16(13)23-2-1-22-15/h1-2,7-10H,3-6H2. The van der Waals surface area contributed by atoms with Crippen molar-refractivity contribution < 1.29 is 9.18 Å². The molecule has 3 heterocycles. The number of anilines is 1. The molecule has 1 fully saturated rings. The molecule has 4 rings (SSSR count). The number of hydrogen-bond acceptors (Lipinski definition) is 5. The fourth-order valence-corrected chi connectivity index (χ4v) is 3.63. The van der Waals surface area contributed by atoms with E-state index in [2.05, 4.69) is 15.0 Å². The average Bonchev–Trinajstić information content (AvgIpc) is 2.67. The summed E-state index contributed by atoms with van der Waals surface area (Å²) in [5, 5.41) is 0.935. The zero-order valence-corrected chi connectivity index (χ0v) is 15.6. The summed E-state index contributed by atoms with van der Waals surface area (Å²) in [5.74, 6) is -0.146. The molecular weight excluding hydrogens is 392 g/mol. The Bertz CT molecular complexity index is 1020. The molecule has 27 heavy (non-hydrogen) atoms. The quantitative estimate of drug-likeness (QED) is 0.653. The zero-order valence-electron chi connectivity index (χ0n) is 14.1. The van der Waals surface area contributed by atoms with E-state index in [9.17, 15) is 9.18 Å². The molecule has 0 radical (unpaired) electrons. The van der Waals surface area contributed by atoms with Crippen LogP contribution in [0.4, 0.5) is 10.2 Å². The first-order chi connectivity index (χ1) is 13.0. The summed E-state index contributed by atoms with van der Waals surface area (Å²) < 4.78 is 13.9. The van der Waals surface area contributed by atoms with Gasteiger partial charge >= 0.3 is 0 Å². The lowest BCUT2D eigenvalue weighted by atomic mass is 10.1. The van der Waals surface area contributed by atoms with Crippen LogP contribution in [0.1, 0.15) is 10.4 Å². The SMILES string of the molecule is O=C(c1cc(F)cc2nccnc12)N1CCN(c2ncc(Cl)cc2Cl)CC1. The van der Waals surface area contributed by atoms with E-state index in [-0.39, 0.29) is 11.5 Å². The number of hydrogen-bond donors (Lipinski definition) is 0. The van der Waals surface area contributed by atoms with Gasteiger partial charge in [-0.1, -0.05) is 23.2 Å². The molecule has 6 nitrogen and oxygen atoms in total. The van der Waals surface area contributed by atoms with E-state index in [4.69, 9.17) is 23.2 Å². The Labute approximate surface area is 164 Å². The second-order valence-corrected chi connectivity index (χ2v) is 6.96. The fraction of sp³-hybridized carbons (Fsp3) is 0.222. The van der Waals surface area contributed by atoms with E-state index in [0.29, 0.717) is 53.1 Å². The highest BCUT2D eigenvalue weighted by Crippen LogP contribution is 2.27. The molecule has 2 aromatic heterocycles. The molecule has 0 saturated carbocycles. The highest BCUT2D eigenvalue weighted by molar-refractivity contribution is 6.36. The molecule has 0 bridgehead atoms. The highest BCUT2D eigenvalue weighted by Gasteiger charge is 2.26. The van der Waals surface area contributed by atoms with E-state index in [1.165, 1.54) is 30.7 Å². The molecule has 1 aliphatic heterocycles. The van der Waals surface area contributed by atoms with Crippen LogP contribution < -0.4 is 4.90 Å². The number of fused-ring (bicyclic) bond motifs is 1. The van der Waals surface area contributed by atoms with Gasteiger partial charge in [-0.05, 0) is 12.1 Å². The van der Waals surface area contributed by atoms with Crippen LogP contribution in [0.5, 0.6) is 0 Å². The van der Waals surface area contributed by atoms with Crippen LogP contribution in [0.2, 0.25) is 10.0 Å². The summed E-state index contributed by atoms with van der Waals surface area (Å²) in [4.78, 5) is 29.1. The molecule has 0 unspecified atom stereocenters. The summed E-state index contributed by atoms with van der Waals surface area (Å²) in [7, 11) is 0. The minimum Gasteiger partial charge on any atom is -0.352 e. The Balaban J connectivity index is 1.54. The minimum absolute atomic E-state index is 0.217. The molecule has 0 N–H and O–H groups in total. The lowest BCUT2D eigenvalue weighted by Gasteiger charge is -2.35. The van der Waals surface area contributed by atoms with Crippen LogP contribution >= 0.6 is 23.2 Å². The third-order valence-electron chi connectivity index (χ3n) is 4.42. The van der Waals surface area contributed by atoms with Crippen molar-refractivity contribution in [3.8, 4) is 0 Å². The second kappa shape index (κ2) is 7.25. The maximum absolute atomic E-state index is 13.9. The van der Waals surface area contributed by atoms with Crippen molar-refractivity contribution in [3.63, 3.8) is 0 Å². The van der Waals surface area contributed by atoms with Crippen molar-refractivity contribution in [1.29, 1.82) is 0 Å². The Morgan fingerprint density at radius 1 is 1.00 bits per heavy atom. The minimum atomic E-state index is -0.512. The smallest absolute Gasteiger partial charge is 0.256 e. The number of carbonyl (C=O) groups is 1. The molecule has 9 heteroatoms. The number of carbonyl (C=O) groups excluding carboxylic acids is 1. The first kappa shape index (κ1) is 17.9. The maximum Gasteiger partial charge on any atom is 0.256 e. The van der Waals surface area contributed by atoms with Crippen molar-refractivity contribution in [1.82, 2.24) is 19.9 Å². The first-order valence-corrected chi connectivity index (χ1v) is 9.04. The van der Waals surface area contributed by atoms with Crippen molar-refractivity contribution in [2.75, 3.05) is 31.1 Å². The van der Waals surface area contributed by atoms with Crippen LogP contribution in [0.15, 0.2) is 36.8 Å².